The van der Waals surface area contributed by atoms with Gasteiger partial charge in [-0.05, 0) is 31.2 Å². The van der Waals surface area contributed by atoms with Gasteiger partial charge in [0.1, 0.15) is 0 Å². The highest BCUT2D eigenvalue weighted by atomic mass is 19.4. The number of rotatable bonds is 4. The van der Waals surface area contributed by atoms with Crippen molar-refractivity contribution in [3.05, 3.63) is 29.8 Å². The molecule has 2 rings (SSSR count). The third-order valence-electron chi connectivity index (χ3n) is 3.93. The van der Waals surface area contributed by atoms with E-state index in [9.17, 15) is 18.0 Å². The first-order chi connectivity index (χ1) is 10.9. The number of hydrogen-bond acceptors (Lipinski definition) is 2. The van der Waals surface area contributed by atoms with E-state index < -0.39 is 11.7 Å². The number of benzene rings is 1. The fourth-order valence-corrected chi connectivity index (χ4v) is 2.53. The summed E-state index contributed by atoms with van der Waals surface area (Å²) in [4.78, 5) is 16.1. The Balaban J connectivity index is 1.88. The quantitative estimate of drug-likeness (QED) is 0.915. The molecule has 7 heteroatoms. The van der Waals surface area contributed by atoms with Crippen molar-refractivity contribution in [3.8, 4) is 0 Å². The molecule has 1 aromatic rings. The lowest BCUT2D eigenvalue weighted by Crippen LogP contribution is -2.50. The van der Waals surface area contributed by atoms with Crippen LogP contribution in [0, 0.1) is 0 Å². The zero-order valence-corrected chi connectivity index (χ0v) is 13.2. The minimum Gasteiger partial charge on any atom is -0.322 e. The summed E-state index contributed by atoms with van der Waals surface area (Å²) >= 11 is 0. The highest BCUT2D eigenvalue weighted by molar-refractivity contribution is 5.89. The number of nitrogens with one attached hydrogen (secondary N) is 1. The number of urea groups is 1. The van der Waals surface area contributed by atoms with Crippen LogP contribution in [0.2, 0.25) is 0 Å². The highest BCUT2D eigenvalue weighted by Gasteiger charge is 2.30. The van der Waals surface area contributed by atoms with Gasteiger partial charge in [-0.25, -0.2) is 4.79 Å². The molecule has 1 aromatic carbocycles. The SMILES string of the molecule is CCCCN1CCN(C(=O)Nc2cccc(C(F)(F)F)c2)CC1. The van der Waals surface area contributed by atoms with Crippen molar-refractivity contribution >= 4 is 11.7 Å². The third-order valence-corrected chi connectivity index (χ3v) is 3.93. The van der Waals surface area contributed by atoms with Gasteiger partial charge >= 0.3 is 12.2 Å². The van der Waals surface area contributed by atoms with E-state index in [4.69, 9.17) is 0 Å². The van der Waals surface area contributed by atoms with Gasteiger partial charge in [0.15, 0.2) is 0 Å². The normalized spacial score (nSPS) is 16.4. The molecule has 1 N–H and O–H groups in total. The summed E-state index contributed by atoms with van der Waals surface area (Å²) in [5.41, 5.74) is -0.599. The van der Waals surface area contributed by atoms with Crippen LogP contribution in [0.5, 0.6) is 0 Å². The number of unbranched alkanes of at least 4 members (excludes halogenated alkanes) is 1. The summed E-state index contributed by atoms with van der Waals surface area (Å²) in [7, 11) is 0. The van der Waals surface area contributed by atoms with Crippen molar-refractivity contribution in [2.24, 2.45) is 0 Å². The molecule has 4 nitrogen and oxygen atoms in total. The number of amides is 2. The van der Waals surface area contributed by atoms with E-state index in [0.717, 1.165) is 44.6 Å². The third kappa shape index (κ3) is 5.13. The lowest BCUT2D eigenvalue weighted by atomic mass is 10.2. The molecule has 0 unspecified atom stereocenters. The molecule has 1 heterocycles. The second-order valence-electron chi connectivity index (χ2n) is 5.69. The lowest BCUT2D eigenvalue weighted by molar-refractivity contribution is -0.137. The first-order valence-corrected chi connectivity index (χ1v) is 7.85. The Morgan fingerprint density at radius 2 is 1.91 bits per heavy atom. The van der Waals surface area contributed by atoms with Gasteiger partial charge in [0.2, 0.25) is 0 Å². The summed E-state index contributed by atoms with van der Waals surface area (Å²) in [5, 5.41) is 2.55. The number of carbonyl (C=O) groups excluding carboxylic acids is 1. The van der Waals surface area contributed by atoms with Crippen LogP contribution in [-0.4, -0.2) is 48.6 Å². The minimum atomic E-state index is -4.41. The summed E-state index contributed by atoms with van der Waals surface area (Å²) in [5.74, 6) is 0. The smallest absolute Gasteiger partial charge is 0.322 e. The molecule has 0 bridgehead atoms. The van der Waals surface area contributed by atoms with Gasteiger partial charge in [0.05, 0.1) is 5.56 Å². The summed E-state index contributed by atoms with van der Waals surface area (Å²) in [6.45, 7) is 5.95. The van der Waals surface area contributed by atoms with Crippen molar-refractivity contribution < 1.29 is 18.0 Å². The lowest BCUT2D eigenvalue weighted by Gasteiger charge is -2.34. The van der Waals surface area contributed by atoms with E-state index in [1.54, 1.807) is 4.90 Å². The number of anilines is 1. The molecule has 1 saturated heterocycles. The van der Waals surface area contributed by atoms with Gasteiger partial charge in [0, 0.05) is 31.9 Å². The molecule has 0 radical (unpaired) electrons. The molecular formula is C16H22F3N3O. The molecule has 0 aromatic heterocycles. The number of piperazine rings is 1. The molecule has 1 aliphatic heterocycles. The van der Waals surface area contributed by atoms with E-state index in [0.29, 0.717) is 13.1 Å². The predicted octanol–water partition coefficient (Wildman–Crippen LogP) is 3.66. The minimum absolute atomic E-state index is 0.165. The van der Waals surface area contributed by atoms with Gasteiger partial charge in [-0.3, -0.25) is 4.90 Å². The Labute approximate surface area is 134 Å². The molecule has 0 atom stereocenters. The van der Waals surface area contributed by atoms with Crippen LogP contribution < -0.4 is 5.32 Å². The fraction of sp³-hybridized carbons (Fsp3) is 0.562. The molecular weight excluding hydrogens is 307 g/mol. The van der Waals surface area contributed by atoms with E-state index in [-0.39, 0.29) is 11.7 Å². The van der Waals surface area contributed by atoms with E-state index >= 15 is 0 Å². The van der Waals surface area contributed by atoms with Gasteiger partial charge in [-0.15, -0.1) is 0 Å². The van der Waals surface area contributed by atoms with Crippen molar-refractivity contribution in [1.29, 1.82) is 0 Å². The largest absolute Gasteiger partial charge is 0.416 e. The number of nitrogens with zero attached hydrogens (tertiary/aromatic N) is 2. The topological polar surface area (TPSA) is 35.6 Å². The summed E-state index contributed by atoms with van der Waals surface area (Å²) < 4.78 is 38.0. The number of carbonyl (C=O) groups is 1. The molecule has 0 spiro atoms. The average molecular weight is 329 g/mol. The van der Waals surface area contributed by atoms with Crippen LogP contribution in [0.1, 0.15) is 25.3 Å². The molecule has 0 saturated carbocycles. The summed E-state index contributed by atoms with van der Waals surface area (Å²) in [6.07, 6.45) is -2.14. The van der Waals surface area contributed by atoms with Crippen LogP contribution in [-0.2, 0) is 6.18 Å². The van der Waals surface area contributed by atoms with Crippen molar-refractivity contribution in [2.75, 3.05) is 38.0 Å². The van der Waals surface area contributed by atoms with Crippen molar-refractivity contribution in [1.82, 2.24) is 9.80 Å². The first-order valence-electron chi connectivity index (χ1n) is 7.85. The number of alkyl halides is 3. The van der Waals surface area contributed by atoms with Crippen molar-refractivity contribution in [2.45, 2.75) is 25.9 Å². The first kappa shape index (κ1) is 17.6. The Hall–Kier alpha value is -1.76. The Morgan fingerprint density at radius 1 is 1.22 bits per heavy atom. The average Bonchev–Trinajstić information content (AvgIpc) is 2.53. The van der Waals surface area contributed by atoms with Crippen LogP contribution in [0.25, 0.3) is 0 Å². The van der Waals surface area contributed by atoms with Crippen LogP contribution >= 0.6 is 0 Å². The monoisotopic (exact) mass is 329 g/mol. The maximum Gasteiger partial charge on any atom is 0.416 e. The predicted molar refractivity (Wildman–Crippen MR) is 83.4 cm³/mol. The maximum absolute atomic E-state index is 12.7. The van der Waals surface area contributed by atoms with Crippen LogP contribution in [0.3, 0.4) is 0 Å². The molecule has 1 fully saturated rings. The second-order valence-corrected chi connectivity index (χ2v) is 5.69. The van der Waals surface area contributed by atoms with E-state index in [2.05, 4.69) is 17.1 Å². The molecule has 23 heavy (non-hydrogen) atoms. The standard InChI is InChI=1S/C16H22F3N3O/c1-2-3-7-21-8-10-22(11-9-21)15(23)20-14-6-4-5-13(12-14)16(17,18)19/h4-6,12H,2-3,7-11H2,1H3,(H,20,23). The number of hydrogen-bond donors (Lipinski definition) is 1. The van der Waals surface area contributed by atoms with Gasteiger partial charge < -0.3 is 10.2 Å². The van der Waals surface area contributed by atoms with Crippen LogP contribution in [0.15, 0.2) is 24.3 Å². The zero-order valence-electron chi connectivity index (χ0n) is 13.2. The Morgan fingerprint density at radius 3 is 2.52 bits per heavy atom. The Bertz CT molecular complexity index is 526. The van der Waals surface area contributed by atoms with Crippen LogP contribution in [0.4, 0.5) is 23.7 Å². The highest BCUT2D eigenvalue weighted by Crippen LogP contribution is 2.30. The number of halogens is 3. The van der Waals surface area contributed by atoms with Gasteiger partial charge in [-0.2, -0.15) is 13.2 Å². The second kappa shape index (κ2) is 7.68. The molecule has 128 valence electrons. The van der Waals surface area contributed by atoms with E-state index in [1.807, 2.05) is 0 Å². The zero-order chi connectivity index (χ0) is 16.9. The van der Waals surface area contributed by atoms with Gasteiger partial charge in [-0.1, -0.05) is 19.4 Å². The van der Waals surface area contributed by atoms with E-state index in [1.165, 1.54) is 12.1 Å². The maximum atomic E-state index is 12.7. The fourth-order valence-electron chi connectivity index (χ4n) is 2.53. The molecule has 0 aliphatic carbocycles. The van der Waals surface area contributed by atoms with Gasteiger partial charge in [0.25, 0.3) is 0 Å². The Kier molecular flexibility index (Phi) is 5.87. The van der Waals surface area contributed by atoms with Crippen molar-refractivity contribution in [3.63, 3.8) is 0 Å². The molecule has 2 amide bonds. The molecule has 1 aliphatic rings. The summed E-state index contributed by atoms with van der Waals surface area (Å²) in [6, 6.07) is 4.35.